The first-order valence-corrected chi connectivity index (χ1v) is 9.38. The number of benzene rings is 2. The number of para-hydroxylation sites is 3. The molecular formula is C17H17F3N2O3S. The number of hydrogen-bond acceptors (Lipinski definition) is 5. The van der Waals surface area contributed by atoms with Gasteiger partial charge in [-0.1, -0.05) is 24.3 Å². The molecule has 1 heterocycles. The summed E-state index contributed by atoms with van der Waals surface area (Å²) in [7, 11) is -5.42. The maximum Gasteiger partial charge on any atom is 0.501 e. The topological polar surface area (TPSA) is 60.9 Å². The van der Waals surface area contributed by atoms with Crippen molar-refractivity contribution in [3.05, 3.63) is 48.5 Å². The number of anilines is 2. The van der Waals surface area contributed by atoms with Gasteiger partial charge in [-0.05, 0) is 24.3 Å². The van der Waals surface area contributed by atoms with Crippen LogP contribution in [0.2, 0.25) is 0 Å². The number of piperazine rings is 1. The van der Waals surface area contributed by atoms with E-state index in [2.05, 4.69) is 0 Å². The van der Waals surface area contributed by atoms with Gasteiger partial charge in [0.15, 0.2) is 0 Å². The molecular weight excluding hydrogens is 369 g/mol. The van der Waals surface area contributed by atoms with E-state index in [0.29, 0.717) is 31.9 Å². The fraction of sp³-hybridized carbons (Fsp3) is 0.294. The zero-order valence-electron chi connectivity index (χ0n) is 13.6. The van der Waals surface area contributed by atoms with E-state index >= 15 is 0 Å². The average molecular weight is 386 g/mol. The summed E-state index contributed by atoms with van der Waals surface area (Å²) in [6.45, 7) is 1.55. The molecule has 0 saturated carbocycles. The number of phenolic OH excluding ortho intramolecular Hbond substituents is 1. The Labute approximate surface area is 149 Å². The molecule has 2 aromatic carbocycles. The second-order valence-corrected chi connectivity index (χ2v) is 7.79. The van der Waals surface area contributed by atoms with E-state index < -0.39 is 20.2 Å². The molecule has 140 valence electrons. The number of halogens is 3. The van der Waals surface area contributed by atoms with Crippen molar-refractivity contribution in [1.29, 1.82) is 0 Å². The first-order valence-electron chi connectivity index (χ1n) is 7.90. The molecule has 0 amide bonds. The Balaban J connectivity index is 1.84. The quantitative estimate of drug-likeness (QED) is 0.879. The van der Waals surface area contributed by atoms with Gasteiger partial charge in [0, 0.05) is 26.2 Å². The van der Waals surface area contributed by atoms with Crippen LogP contribution in [0.5, 0.6) is 5.75 Å². The largest absolute Gasteiger partial charge is 0.506 e. The van der Waals surface area contributed by atoms with Crippen LogP contribution in [0.25, 0.3) is 0 Å². The molecule has 0 bridgehead atoms. The van der Waals surface area contributed by atoms with Gasteiger partial charge in [-0.15, -0.1) is 0 Å². The maximum atomic E-state index is 13.0. The minimum atomic E-state index is -5.42. The van der Waals surface area contributed by atoms with Crippen molar-refractivity contribution < 1.29 is 26.7 Å². The van der Waals surface area contributed by atoms with Crippen molar-refractivity contribution in [2.24, 2.45) is 0 Å². The third kappa shape index (κ3) is 3.31. The molecule has 3 rings (SSSR count). The number of rotatable bonds is 3. The summed E-state index contributed by atoms with van der Waals surface area (Å²) in [4.78, 5) is 2.80. The smallest absolute Gasteiger partial charge is 0.501 e. The molecule has 1 N–H and O–H groups in total. The molecule has 1 fully saturated rings. The molecule has 1 saturated heterocycles. The van der Waals surface area contributed by atoms with E-state index in [-0.39, 0.29) is 11.4 Å². The predicted octanol–water partition coefficient (Wildman–Crippen LogP) is 3.01. The van der Waals surface area contributed by atoms with Gasteiger partial charge in [0.05, 0.1) is 16.3 Å². The van der Waals surface area contributed by atoms with Gasteiger partial charge in [0.2, 0.25) is 0 Å². The highest BCUT2D eigenvalue weighted by Gasteiger charge is 2.48. The Morgan fingerprint density at radius 3 is 1.81 bits per heavy atom. The van der Waals surface area contributed by atoms with Crippen LogP contribution >= 0.6 is 0 Å². The number of sulfone groups is 1. The van der Waals surface area contributed by atoms with Crippen LogP contribution < -0.4 is 9.80 Å². The SMILES string of the molecule is O=S(=O)(c1ccccc1N1CCN(c2ccccc2O)CC1)C(F)(F)F. The van der Waals surface area contributed by atoms with Crippen molar-refractivity contribution >= 4 is 21.2 Å². The van der Waals surface area contributed by atoms with Crippen LogP contribution in [-0.4, -0.2) is 45.2 Å². The molecule has 9 heteroatoms. The van der Waals surface area contributed by atoms with Crippen molar-refractivity contribution in [3.8, 4) is 5.75 Å². The highest BCUT2D eigenvalue weighted by atomic mass is 32.2. The molecule has 0 spiro atoms. The summed E-state index contributed by atoms with van der Waals surface area (Å²) in [5.74, 6) is 0.126. The number of nitrogens with zero attached hydrogens (tertiary/aromatic N) is 2. The van der Waals surface area contributed by atoms with Crippen molar-refractivity contribution in [1.82, 2.24) is 0 Å². The van der Waals surface area contributed by atoms with Gasteiger partial charge in [0.1, 0.15) is 5.75 Å². The van der Waals surface area contributed by atoms with Crippen LogP contribution in [0.15, 0.2) is 53.4 Å². The molecule has 0 unspecified atom stereocenters. The van der Waals surface area contributed by atoms with Crippen molar-refractivity contribution in [2.45, 2.75) is 10.4 Å². The fourth-order valence-corrected chi connectivity index (χ4v) is 3.97. The van der Waals surface area contributed by atoms with Gasteiger partial charge in [-0.2, -0.15) is 13.2 Å². The van der Waals surface area contributed by atoms with Crippen LogP contribution in [0.4, 0.5) is 24.5 Å². The Bertz CT molecular complexity index is 892. The molecule has 26 heavy (non-hydrogen) atoms. The Morgan fingerprint density at radius 1 is 0.808 bits per heavy atom. The Kier molecular flexibility index (Phi) is 4.74. The predicted molar refractivity (Wildman–Crippen MR) is 92.2 cm³/mol. The third-order valence-electron chi connectivity index (χ3n) is 4.30. The molecule has 0 atom stereocenters. The lowest BCUT2D eigenvalue weighted by atomic mass is 10.2. The summed E-state index contributed by atoms with van der Waals surface area (Å²) >= 11 is 0. The summed E-state index contributed by atoms with van der Waals surface area (Å²) in [6.07, 6.45) is 0. The highest BCUT2D eigenvalue weighted by molar-refractivity contribution is 7.92. The zero-order valence-corrected chi connectivity index (χ0v) is 14.5. The lowest BCUT2D eigenvalue weighted by Crippen LogP contribution is -2.47. The van der Waals surface area contributed by atoms with Gasteiger partial charge in [-0.3, -0.25) is 0 Å². The lowest BCUT2D eigenvalue weighted by Gasteiger charge is -2.38. The van der Waals surface area contributed by atoms with Crippen LogP contribution in [-0.2, 0) is 9.84 Å². The van der Waals surface area contributed by atoms with E-state index in [9.17, 15) is 26.7 Å². The molecule has 0 aromatic heterocycles. The summed E-state index contributed by atoms with van der Waals surface area (Å²) < 4.78 is 62.6. The van der Waals surface area contributed by atoms with Gasteiger partial charge in [-0.25, -0.2) is 8.42 Å². The lowest BCUT2D eigenvalue weighted by molar-refractivity contribution is -0.0435. The molecule has 2 aromatic rings. The minimum Gasteiger partial charge on any atom is -0.506 e. The Hall–Kier alpha value is -2.42. The fourth-order valence-electron chi connectivity index (χ4n) is 2.99. The van der Waals surface area contributed by atoms with Gasteiger partial charge >= 0.3 is 5.51 Å². The minimum absolute atomic E-state index is 0.0433. The monoisotopic (exact) mass is 386 g/mol. The first-order chi connectivity index (χ1) is 12.2. The van der Waals surface area contributed by atoms with E-state index in [1.54, 1.807) is 29.2 Å². The van der Waals surface area contributed by atoms with E-state index in [1.807, 2.05) is 4.90 Å². The second kappa shape index (κ2) is 6.71. The average Bonchev–Trinajstić information content (AvgIpc) is 2.61. The van der Waals surface area contributed by atoms with E-state index in [1.165, 1.54) is 18.2 Å². The first kappa shape index (κ1) is 18.4. The second-order valence-electron chi connectivity index (χ2n) is 5.88. The molecule has 0 radical (unpaired) electrons. The van der Waals surface area contributed by atoms with Gasteiger partial charge < -0.3 is 14.9 Å². The summed E-state index contributed by atoms with van der Waals surface area (Å²) in [6, 6.07) is 12.0. The molecule has 5 nitrogen and oxygen atoms in total. The Morgan fingerprint density at radius 2 is 1.27 bits per heavy atom. The van der Waals surface area contributed by atoms with E-state index in [4.69, 9.17) is 0 Å². The molecule has 1 aliphatic rings. The van der Waals surface area contributed by atoms with Crippen LogP contribution in [0.3, 0.4) is 0 Å². The zero-order chi connectivity index (χ0) is 18.9. The van der Waals surface area contributed by atoms with Crippen LogP contribution in [0.1, 0.15) is 0 Å². The van der Waals surface area contributed by atoms with E-state index in [0.717, 1.165) is 6.07 Å². The van der Waals surface area contributed by atoms with Crippen molar-refractivity contribution in [3.63, 3.8) is 0 Å². The molecule has 0 aliphatic carbocycles. The normalized spacial score (nSPS) is 16.0. The van der Waals surface area contributed by atoms with Crippen molar-refractivity contribution in [2.75, 3.05) is 36.0 Å². The standard InChI is InChI=1S/C17H17F3N2O3S/c18-17(19,20)26(24,25)16-8-4-2-6-14(16)22-11-9-21(10-12-22)13-5-1-3-7-15(13)23/h1-8,23H,9-12H2. The third-order valence-corrected chi connectivity index (χ3v) is 5.84. The number of phenols is 1. The highest BCUT2D eigenvalue weighted by Crippen LogP contribution is 2.36. The molecule has 1 aliphatic heterocycles. The summed E-state index contributed by atoms with van der Waals surface area (Å²) in [5, 5.41) is 9.93. The number of alkyl halides is 3. The number of hydrogen-bond donors (Lipinski definition) is 1. The summed E-state index contributed by atoms with van der Waals surface area (Å²) in [5.41, 5.74) is -4.66. The van der Waals surface area contributed by atoms with Gasteiger partial charge in [0.25, 0.3) is 9.84 Å². The number of aromatic hydroxyl groups is 1. The van der Waals surface area contributed by atoms with Crippen LogP contribution in [0, 0.1) is 0 Å². The maximum absolute atomic E-state index is 13.0.